The number of nitrogens with zero attached hydrogens (tertiary/aromatic N) is 4. The van der Waals surface area contributed by atoms with Crippen molar-refractivity contribution >= 4 is 5.82 Å². The summed E-state index contributed by atoms with van der Waals surface area (Å²) in [6.07, 6.45) is -3.30. The quantitative estimate of drug-likeness (QED) is 0.848. The molecule has 90 valence electrons. The zero-order valence-corrected chi connectivity index (χ0v) is 8.36. The molecule has 0 unspecified atom stereocenters. The Kier molecular flexibility index (Phi) is 2.90. The normalized spacial score (nSPS) is 11.5. The van der Waals surface area contributed by atoms with Crippen molar-refractivity contribution < 1.29 is 13.2 Å². The molecule has 0 bridgehead atoms. The van der Waals surface area contributed by atoms with Gasteiger partial charge in [-0.1, -0.05) is 5.21 Å². The van der Waals surface area contributed by atoms with Gasteiger partial charge in [-0.25, -0.2) is 4.98 Å². The maximum Gasteiger partial charge on any atom is 0.416 e. The van der Waals surface area contributed by atoms with Gasteiger partial charge in [-0.05, 0) is 12.1 Å². The molecule has 0 saturated heterocycles. The molecule has 0 radical (unpaired) electrons. The number of anilines is 1. The second-order valence-electron chi connectivity index (χ2n) is 3.11. The van der Waals surface area contributed by atoms with E-state index in [1.54, 1.807) is 0 Å². The minimum atomic E-state index is -4.38. The molecule has 9 heteroatoms. The summed E-state index contributed by atoms with van der Waals surface area (Å²) in [5.41, 5.74) is -0.761. The highest BCUT2D eigenvalue weighted by molar-refractivity contribution is 5.38. The summed E-state index contributed by atoms with van der Waals surface area (Å²) in [5, 5.41) is 15.5. The lowest BCUT2D eigenvalue weighted by atomic mass is 10.2. The number of hydrogen-bond donors (Lipinski definition) is 2. The van der Waals surface area contributed by atoms with Crippen LogP contribution in [0, 0.1) is 0 Å². The van der Waals surface area contributed by atoms with Gasteiger partial charge in [0.15, 0.2) is 5.82 Å². The monoisotopic (exact) mass is 244 g/mol. The summed E-state index contributed by atoms with van der Waals surface area (Å²) in [6, 6.07) is 1.82. The number of pyridine rings is 1. The number of tetrazole rings is 1. The van der Waals surface area contributed by atoms with Crippen LogP contribution in [0.5, 0.6) is 0 Å². The maximum atomic E-state index is 12.4. The Morgan fingerprint density at radius 3 is 2.82 bits per heavy atom. The van der Waals surface area contributed by atoms with E-state index in [2.05, 4.69) is 30.9 Å². The Morgan fingerprint density at radius 1 is 1.35 bits per heavy atom. The van der Waals surface area contributed by atoms with Crippen molar-refractivity contribution in [3.63, 3.8) is 0 Å². The molecule has 2 aromatic rings. The third-order valence-electron chi connectivity index (χ3n) is 1.90. The molecule has 0 spiro atoms. The van der Waals surface area contributed by atoms with Crippen LogP contribution in [0.1, 0.15) is 11.4 Å². The van der Waals surface area contributed by atoms with E-state index in [1.807, 2.05) is 0 Å². The lowest BCUT2D eigenvalue weighted by molar-refractivity contribution is -0.137. The fraction of sp³-hybridized carbons (Fsp3) is 0.250. The van der Waals surface area contributed by atoms with Crippen LogP contribution in [0.3, 0.4) is 0 Å². The number of rotatable bonds is 3. The van der Waals surface area contributed by atoms with Crippen LogP contribution in [0.4, 0.5) is 19.0 Å². The second kappa shape index (κ2) is 4.36. The third kappa shape index (κ3) is 2.89. The van der Waals surface area contributed by atoms with Gasteiger partial charge in [-0.15, -0.1) is 10.2 Å². The van der Waals surface area contributed by atoms with Crippen molar-refractivity contribution in [2.75, 3.05) is 5.32 Å². The first-order valence-corrected chi connectivity index (χ1v) is 4.55. The molecule has 0 fully saturated rings. The number of hydrogen-bond acceptors (Lipinski definition) is 5. The Balaban J connectivity index is 2.07. The van der Waals surface area contributed by atoms with Crippen LogP contribution in [-0.2, 0) is 12.7 Å². The van der Waals surface area contributed by atoms with Crippen LogP contribution >= 0.6 is 0 Å². The molecule has 2 rings (SSSR count). The largest absolute Gasteiger partial charge is 0.416 e. The van der Waals surface area contributed by atoms with Crippen molar-refractivity contribution in [2.24, 2.45) is 0 Å². The SMILES string of the molecule is FC(F)(F)c1ccnc(NCc2nn[nH]n2)c1. The van der Waals surface area contributed by atoms with E-state index in [0.717, 1.165) is 18.3 Å². The van der Waals surface area contributed by atoms with Gasteiger partial charge >= 0.3 is 6.18 Å². The standard InChI is InChI=1S/C8H7F3N6/c9-8(10,11)5-1-2-12-6(3-5)13-4-7-14-16-17-15-7/h1-3H,4H2,(H,12,13)(H,14,15,16,17). The topological polar surface area (TPSA) is 79.4 Å². The zero-order chi connectivity index (χ0) is 12.3. The lowest BCUT2D eigenvalue weighted by Crippen LogP contribution is -2.08. The molecule has 0 atom stereocenters. The van der Waals surface area contributed by atoms with Crippen LogP contribution in [0.15, 0.2) is 18.3 Å². The summed E-state index contributed by atoms with van der Waals surface area (Å²) in [5.74, 6) is 0.439. The lowest BCUT2D eigenvalue weighted by Gasteiger charge is -2.08. The van der Waals surface area contributed by atoms with Gasteiger partial charge < -0.3 is 5.32 Å². The Bertz CT molecular complexity index is 480. The van der Waals surface area contributed by atoms with E-state index >= 15 is 0 Å². The highest BCUT2D eigenvalue weighted by atomic mass is 19.4. The minimum absolute atomic E-state index is 0.102. The number of alkyl halides is 3. The number of halogens is 3. The van der Waals surface area contributed by atoms with Gasteiger partial charge in [0, 0.05) is 6.20 Å². The fourth-order valence-corrected chi connectivity index (χ4v) is 1.13. The van der Waals surface area contributed by atoms with E-state index in [4.69, 9.17) is 0 Å². The Hall–Kier alpha value is -2.19. The first kappa shape index (κ1) is 11.3. The van der Waals surface area contributed by atoms with E-state index in [1.165, 1.54) is 0 Å². The van der Waals surface area contributed by atoms with Crippen molar-refractivity contribution in [3.8, 4) is 0 Å². The summed E-state index contributed by atoms with van der Waals surface area (Å²) >= 11 is 0. The fourth-order valence-electron chi connectivity index (χ4n) is 1.13. The Labute approximate surface area is 93.3 Å². The van der Waals surface area contributed by atoms with E-state index < -0.39 is 11.7 Å². The molecule has 0 aliphatic carbocycles. The second-order valence-corrected chi connectivity index (χ2v) is 3.11. The van der Waals surface area contributed by atoms with Crippen LogP contribution in [0.25, 0.3) is 0 Å². The molecular weight excluding hydrogens is 237 g/mol. The smallest absolute Gasteiger partial charge is 0.363 e. The van der Waals surface area contributed by atoms with E-state index in [-0.39, 0.29) is 12.4 Å². The molecule has 0 aliphatic heterocycles. The van der Waals surface area contributed by atoms with Gasteiger partial charge in [0.05, 0.1) is 12.1 Å². The van der Waals surface area contributed by atoms with Crippen molar-refractivity contribution in [3.05, 3.63) is 29.7 Å². The van der Waals surface area contributed by atoms with Gasteiger partial charge in [-0.3, -0.25) is 0 Å². The molecule has 0 saturated carbocycles. The van der Waals surface area contributed by atoms with Gasteiger partial charge in [0.2, 0.25) is 0 Å². The zero-order valence-electron chi connectivity index (χ0n) is 8.36. The van der Waals surface area contributed by atoms with Crippen molar-refractivity contribution in [1.29, 1.82) is 0 Å². The Morgan fingerprint density at radius 2 is 2.18 bits per heavy atom. The number of aromatic amines is 1. The molecule has 6 nitrogen and oxygen atoms in total. The average molecular weight is 244 g/mol. The minimum Gasteiger partial charge on any atom is -0.363 e. The summed E-state index contributed by atoms with van der Waals surface area (Å²) in [7, 11) is 0. The third-order valence-corrected chi connectivity index (χ3v) is 1.90. The molecule has 2 N–H and O–H groups in total. The highest BCUT2D eigenvalue weighted by Crippen LogP contribution is 2.29. The predicted octanol–water partition coefficient (Wildman–Crippen LogP) is 1.23. The van der Waals surface area contributed by atoms with Crippen LogP contribution < -0.4 is 5.32 Å². The van der Waals surface area contributed by atoms with Gasteiger partial charge in [0.1, 0.15) is 5.82 Å². The average Bonchev–Trinajstić information content (AvgIpc) is 2.78. The summed E-state index contributed by atoms with van der Waals surface area (Å²) in [6.45, 7) is 0.144. The maximum absolute atomic E-state index is 12.4. The first-order chi connectivity index (χ1) is 8.05. The molecular formula is C8H7F3N6. The van der Waals surface area contributed by atoms with Crippen molar-refractivity contribution in [2.45, 2.75) is 12.7 Å². The first-order valence-electron chi connectivity index (χ1n) is 4.55. The van der Waals surface area contributed by atoms with Crippen molar-refractivity contribution in [1.82, 2.24) is 25.6 Å². The molecule has 0 aliphatic rings. The molecule has 17 heavy (non-hydrogen) atoms. The summed E-state index contributed by atoms with van der Waals surface area (Å²) in [4.78, 5) is 3.76. The van der Waals surface area contributed by atoms with Crippen LogP contribution in [0.2, 0.25) is 0 Å². The summed E-state index contributed by atoms with van der Waals surface area (Å²) < 4.78 is 37.2. The number of H-pyrrole nitrogens is 1. The molecule has 0 aromatic carbocycles. The molecule has 2 aromatic heterocycles. The molecule has 2 heterocycles. The molecule has 0 amide bonds. The number of aromatic nitrogens is 5. The van der Waals surface area contributed by atoms with Gasteiger partial charge in [0.25, 0.3) is 0 Å². The van der Waals surface area contributed by atoms with E-state index in [9.17, 15) is 13.2 Å². The van der Waals surface area contributed by atoms with Crippen LogP contribution in [-0.4, -0.2) is 25.6 Å². The predicted molar refractivity (Wildman–Crippen MR) is 50.7 cm³/mol. The van der Waals surface area contributed by atoms with E-state index in [0.29, 0.717) is 5.82 Å². The van der Waals surface area contributed by atoms with Gasteiger partial charge in [-0.2, -0.15) is 18.4 Å². The highest BCUT2D eigenvalue weighted by Gasteiger charge is 2.30. The number of nitrogens with one attached hydrogen (secondary N) is 2.